The van der Waals surface area contributed by atoms with Crippen molar-refractivity contribution in [3.05, 3.63) is 68.2 Å². The molecule has 130 valence electrons. The van der Waals surface area contributed by atoms with E-state index >= 15 is 0 Å². The van der Waals surface area contributed by atoms with Crippen LogP contribution < -0.4 is 11.0 Å². The molecule has 6 nitrogen and oxygen atoms in total. The van der Waals surface area contributed by atoms with Crippen molar-refractivity contribution < 1.29 is 4.79 Å². The van der Waals surface area contributed by atoms with Crippen LogP contribution >= 0.6 is 22.9 Å². The highest BCUT2D eigenvalue weighted by Gasteiger charge is 2.16. The Morgan fingerprint density at radius 3 is 2.81 bits per heavy atom. The number of amides is 1. The van der Waals surface area contributed by atoms with Gasteiger partial charge in [0.1, 0.15) is 10.7 Å². The van der Waals surface area contributed by atoms with Crippen LogP contribution in [0.5, 0.6) is 0 Å². The number of rotatable bonds is 2. The molecule has 0 aliphatic rings. The number of fused-ring (bicyclic) bond motifs is 2. The molecule has 8 heteroatoms. The number of hydrogen-bond acceptors (Lipinski definition) is 5. The first kappa shape index (κ1) is 16.7. The third-order valence-corrected chi connectivity index (χ3v) is 5.13. The second-order valence-electron chi connectivity index (χ2n) is 5.84. The average Bonchev–Trinajstić information content (AvgIpc) is 3.06. The largest absolute Gasteiger partial charge is 0.281 e. The van der Waals surface area contributed by atoms with Gasteiger partial charge in [-0.15, -0.1) is 11.3 Å². The summed E-state index contributed by atoms with van der Waals surface area (Å²) in [6, 6.07) is 8.71. The Labute approximate surface area is 157 Å². The van der Waals surface area contributed by atoms with Gasteiger partial charge in [-0.25, -0.2) is 9.66 Å². The third kappa shape index (κ3) is 2.75. The lowest BCUT2D eigenvalue weighted by molar-refractivity contribution is 0.101. The molecule has 0 bridgehead atoms. The van der Waals surface area contributed by atoms with E-state index in [2.05, 4.69) is 15.4 Å². The molecule has 4 aromatic rings. The molecule has 0 saturated carbocycles. The Bertz CT molecular complexity index is 1250. The van der Waals surface area contributed by atoms with Gasteiger partial charge in [-0.05, 0) is 49.6 Å². The molecule has 1 amide bonds. The van der Waals surface area contributed by atoms with E-state index in [4.69, 9.17) is 11.6 Å². The van der Waals surface area contributed by atoms with Crippen molar-refractivity contribution in [2.75, 3.05) is 5.43 Å². The molecule has 0 fully saturated rings. The van der Waals surface area contributed by atoms with Gasteiger partial charge in [0.25, 0.3) is 11.5 Å². The highest BCUT2D eigenvalue weighted by molar-refractivity contribution is 7.16. The van der Waals surface area contributed by atoms with Crippen LogP contribution in [0.25, 0.3) is 21.1 Å². The Morgan fingerprint density at radius 1 is 1.19 bits per heavy atom. The maximum absolute atomic E-state index is 12.8. The molecule has 0 aliphatic heterocycles. The Balaban J connectivity index is 1.78. The van der Waals surface area contributed by atoms with Gasteiger partial charge in [0, 0.05) is 10.4 Å². The lowest BCUT2D eigenvalue weighted by Crippen LogP contribution is -2.35. The first-order valence-corrected chi connectivity index (χ1v) is 9.05. The van der Waals surface area contributed by atoms with Crippen molar-refractivity contribution in [3.63, 3.8) is 0 Å². The summed E-state index contributed by atoms with van der Waals surface area (Å²) in [5.41, 5.74) is 4.01. The van der Waals surface area contributed by atoms with Gasteiger partial charge in [-0.3, -0.25) is 20.0 Å². The summed E-state index contributed by atoms with van der Waals surface area (Å²) < 4.78 is 1.17. The van der Waals surface area contributed by atoms with Gasteiger partial charge in [0.2, 0.25) is 0 Å². The highest BCUT2D eigenvalue weighted by Crippen LogP contribution is 2.21. The van der Waals surface area contributed by atoms with Crippen LogP contribution in [0.15, 0.2) is 40.5 Å². The smallest absolute Gasteiger partial charge is 0.267 e. The second kappa shape index (κ2) is 6.19. The summed E-state index contributed by atoms with van der Waals surface area (Å²) in [5.74, 6) is -0.0220. The Morgan fingerprint density at radius 2 is 2.00 bits per heavy atom. The van der Waals surface area contributed by atoms with E-state index in [-0.39, 0.29) is 5.56 Å². The van der Waals surface area contributed by atoms with Crippen molar-refractivity contribution in [3.8, 4) is 0 Å². The monoisotopic (exact) mass is 384 g/mol. The minimum Gasteiger partial charge on any atom is -0.267 e. The molecule has 0 saturated heterocycles. The SMILES string of the molecule is Cc1nc2ccc(Cl)cc2cc1C(=O)Nn1c(C)nc2sccc2c1=O. The van der Waals surface area contributed by atoms with Crippen LogP contribution in [0.4, 0.5) is 0 Å². The summed E-state index contributed by atoms with van der Waals surface area (Å²) >= 11 is 7.41. The van der Waals surface area contributed by atoms with E-state index in [1.54, 1.807) is 49.6 Å². The maximum Gasteiger partial charge on any atom is 0.281 e. The highest BCUT2D eigenvalue weighted by atomic mass is 35.5. The van der Waals surface area contributed by atoms with Crippen molar-refractivity contribution >= 4 is 50.0 Å². The molecular formula is C18H13ClN4O2S. The number of pyridine rings is 1. The zero-order valence-electron chi connectivity index (χ0n) is 13.9. The zero-order valence-corrected chi connectivity index (χ0v) is 15.5. The van der Waals surface area contributed by atoms with E-state index in [0.29, 0.717) is 32.3 Å². The zero-order chi connectivity index (χ0) is 18.4. The maximum atomic E-state index is 12.8. The minimum absolute atomic E-state index is 0.309. The van der Waals surface area contributed by atoms with Crippen LogP contribution in [0.3, 0.4) is 0 Å². The van der Waals surface area contributed by atoms with Crippen LogP contribution in [0.2, 0.25) is 5.02 Å². The molecule has 0 atom stereocenters. The Hall–Kier alpha value is -2.77. The molecule has 3 heterocycles. The van der Waals surface area contributed by atoms with Gasteiger partial charge in [-0.1, -0.05) is 11.6 Å². The van der Waals surface area contributed by atoms with Crippen molar-refractivity contribution in [1.82, 2.24) is 14.6 Å². The number of aryl methyl sites for hydroxylation is 2. The quantitative estimate of drug-likeness (QED) is 0.572. The van der Waals surface area contributed by atoms with Gasteiger partial charge >= 0.3 is 0 Å². The minimum atomic E-state index is -0.432. The molecule has 1 aromatic carbocycles. The Kier molecular flexibility index (Phi) is 3.97. The number of carbonyl (C=O) groups is 1. The van der Waals surface area contributed by atoms with Crippen LogP contribution in [0, 0.1) is 13.8 Å². The molecule has 3 aromatic heterocycles. The van der Waals surface area contributed by atoms with Gasteiger partial charge in [-0.2, -0.15) is 0 Å². The fourth-order valence-corrected chi connectivity index (χ4v) is 3.76. The van der Waals surface area contributed by atoms with Crippen LogP contribution in [-0.2, 0) is 0 Å². The number of benzene rings is 1. The normalized spacial score (nSPS) is 11.2. The van der Waals surface area contributed by atoms with Crippen LogP contribution in [-0.4, -0.2) is 20.6 Å². The molecule has 4 rings (SSSR count). The summed E-state index contributed by atoms with van der Waals surface area (Å²) in [6.07, 6.45) is 0. The number of thiophene rings is 1. The summed E-state index contributed by atoms with van der Waals surface area (Å²) in [6.45, 7) is 3.42. The molecular weight excluding hydrogens is 372 g/mol. The summed E-state index contributed by atoms with van der Waals surface area (Å²) in [4.78, 5) is 34.8. The summed E-state index contributed by atoms with van der Waals surface area (Å²) in [5, 5.41) is 3.59. The van der Waals surface area contributed by atoms with Gasteiger partial charge < -0.3 is 0 Å². The average molecular weight is 385 g/mol. The van der Waals surface area contributed by atoms with E-state index < -0.39 is 5.91 Å². The van der Waals surface area contributed by atoms with E-state index in [0.717, 1.165) is 10.9 Å². The van der Waals surface area contributed by atoms with Gasteiger partial charge in [0.15, 0.2) is 0 Å². The lowest BCUT2D eigenvalue weighted by Gasteiger charge is -2.12. The predicted octanol–water partition coefficient (Wildman–Crippen LogP) is 3.66. The van der Waals surface area contributed by atoms with E-state index in [9.17, 15) is 9.59 Å². The molecule has 1 N–H and O–H groups in total. The van der Waals surface area contributed by atoms with E-state index in [1.165, 1.54) is 16.0 Å². The fraction of sp³-hybridized carbons (Fsp3) is 0.111. The fourth-order valence-electron chi connectivity index (χ4n) is 2.78. The first-order valence-electron chi connectivity index (χ1n) is 7.79. The molecule has 0 spiro atoms. The third-order valence-electron chi connectivity index (χ3n) is 4.09. The summed E-state index contributed by atoms with van der Waals surface area (Å²) in [7, 11) is 0. The lowest BCUT2D eigenvalue weighted by atomic mass is 10.1. The van der Waals surface area contributed by atoms with Crippen molar-refractivity contribution in [2.24, 2.45) is 0 Å². The number of nitrogens with one attached hydrogen (secondary N) is 1. The topological polar surface area (TPSA) is 76.9 Å². The number of halogens is 1. The molecule has 0 unspecified atom stereocenters. The second-order valence-corrected chi connectivity index (χ2v) is 7.17. The standard InChI is InChI=1S/C18H13ClN4O2S/c1-9-14(8-11-7-12(19)3-4-15(11)20-9)16(24)22-23-10(2)21-17-13(18(23)25)5-6-26-17/h3-8H,1-2H3,(H,22,24). The number of hydrogen-bond donors (Lipinski definition) is 1. The number of carbonyl (C=O) groups excluding carboxylic acids is 1. The van der Waals surface area contributed by atoms with Gasteiger partial charge in [0.05, 0.1) is 22.2 Å². The molecule has 0 radical (unpaired) electrons. The number of aromatic nitrogens is 3. The first-order chi connectivity index (χ1) is 12.4. The van der Waals surface area contributed by atoms with Crippen molar-refractivity contribution in [2.45, 2.75) is 13.8 Å². The number of nitrogens with zero attached hydrogens (tertiary/aromatic N) is 3. The molecule has 26 heavy (non-hydrogen) atoms. The predicted molar refractivity (Wildman–Crippen MR) is 104 cm³/mol. The van der Waals surface area contributed by atoms with E-state index in [1.807, 2.05) is 0 Å². The van der Waals surface area contributed by atoms with Crippen LogP contribution in [0.1, 0.15) is 21.9 Å². The van der Waals surface area contributed by atoms with Crippen molar-refractivity contribution in [1.29, 1.82) is 0 Å². The molecule has 0 aliphatic carbocycles.